The minimum atomic E-state index is -1.18. The van der Waals surface area contributed by atoms with Gasteiger partial charge in [0, 0.05) is 36.8 Å². The summed E-state index contributed by atoms with van der Waals surface area (Å²) in [5.41, 5.74) is 5.96. The lowest BCUT2D eigenvalue weighted by Gasteiger charge is -2.46. The van der Waals surface area contributed by atoms with E-state index in [9.17, 15) is 19.2 Å². The Balaban J connectivity index is 1.05. The molecule has 0 fully saturated rings. The van der Waals surface area contributed by atoms with Crippen molar-refractivity contribution in [3.63, 3.8) is 0 Å². The smallest absolute Gasteiger partial charge is 0.353 e. The van der Waals surface area contributed by atoms with E-state index in [0.29, 0.717) is 131 Å². The standard InChI is InChI=1S/C59H80N2O18/c1-60(20-18-40-30-46(66-3)48(68-5)32-42(40)44(60)24-38-26-50(70-7)56(74-11)51(27-38)71-8)34-54(78-36-62)58(64)76-22-16-14-13-15-17-23-77-59(65)55(79-37-63)35-61(2)21-19-41-31-47(67-4)49(69-6)33-43(41)45(61)25-39-28-52(72-9)57(75-12)53(29-39)73-10/h26-33,36-37,44-45,54-55H,13-25,34-35H2,1-12H3/q+2. The molecule has 0 radical (unpaired) electrons. The predicted molar refractivity (Wildman–Crippen MR) is 290 cm³/mol. The molecule has 6 rings (SSSR count). The Morgan fingerprint density at radius 3 is 1.08 bits per heavy atom. The lowest BCUT2D eigenvalue weighted by molar-refractivity contribution is -0.943. The monoisotopic (exact) mass is 1100 g/mol. The fourth-order valence-corrected chi connectivity index (χ4v) is 11.2. The van der Waals surface area contributed by atoms with Crippen LogP contribution in [0.2, 0.25) is 0 Å². The van der Waals surface area contributed by atoms with Crippen LogP contribution in [-0.4, -0.2) is 171 Å². The van der Waals surface area contributed by atoms with Crippen LogP contribution in [0, 0.1) is 0 Å². The summed E-state index contributed by atoms with van der Waals surface area (Å²) >= 11 is 0. The van der Waals surface area contributed by atoms with Crippen molar-refractivity contribution in [2.45, 2.75) is 82.1 Å². The second-order valence-electron chi connectivity index (χ2n) is 20.1. The van der Waals surface area contributed by atoms with E-state index in [-0.39, 0.29) is 38.4 Å². The van der Waals surface area contributed by atoms with Gasteiger partial charge in [-0.15, -0.1) is 0 Å². The van der Waals surface area contributed by atoms with E-state index in [1.54, 1.807) is 71.1 Å². The molecule has 20 nitrogen and oxygen atoms in total. The minimum Gasteiger partial charge on any atom is -0.493 e. The molecule has 2 heterocycles. The Morgan fingerprint density at radius 1 is 0.456 bits per heavy atom. The molecule has 6 atom stereocenters. The van der Waals surface area contributed by atoms with Gasteiger partial charge in [-0.05, 0) is 83.6 Å². The molecule has 0 N–H and O–H groups in total. The maximum Gasteiger partial charge on any atom is 0.353 e. The van der Waals surface area contributed by atoms with Gasteiger partial charge in [0.05, 0.1) is 111 Å². The van der Waals surface area contributed by atoms with Crippen LogP contribution in [0.1, 0.15) is 77.6 Å². The van der Waals surface area contributed by atoms with Crippen LogP contribution in [0.3, 0.4) is 0 Å². The molecule has 4 aromatic carbocycles. The molecule has 0 saturated carbocycles. The number of benzene rings is 4. The third kappa shape index (κ3) is 14.3. The fraction of sp³-hybridized carbons (Fsp3) is 0.525. The van der Waals surface area contributed by atoms with Gasteiger partial charge in [0.1, 0.15) is 25.2 Å². The first kappa shape index (κ1) is 60.9. The SMILES string of the molecule is COc1cc2c(cc1OC)C(Cc1cc(OC)c(OC)c(OC)c1)[N+](C)(CC(OC=O)C(=O)OCCCCCCCOC(=O)C(C[N+]1(C)CCc3cc(OC)c(OC)cc3C1Cc1cc(OC)c(OC)c(OC)c1)OC=O)CC2. The van der Waals surface area contributed by atoms with Crippen LogP contribution < -0.4 is 47.4 Å². The zero-order valence-corrected chi connectivity index (χ0v) is 47.9. The number of fused-ring (bicyclic) bond motifs is 2. The number of nitrogens with zero attached hydrogens (tertiary/aromatic N) is 2. The highest BCUT2D eigenvalue weighted by Crippen LogP contribution is 2.47. The van der Waals surface area contributed by atoms with Crippen molar-refractivity contribution in [2.24, 2.45) is 0 Å². The number of quaternary nitrogens is 2. The molecule has 2 aliphatic heterocycles. The van der Waals surface area contributed by atoms with Gasteiger partial charge in [0.15, 0.2) is 46.0 Å². The van der Waals surface area contributed by atoms with E-state index < -0.39 is 24.1 Å². The number of unbranched alkanes of at least 4 members (excludes halogenated alkanes) is 4. The van der Waals surface area contributed by atoms with Crippen LogP contribution in [0.5, 0.6) is 57.5 Å². The molecule has 20 heteroatoms. The molecule has 432 valence electrons. The molecule has 4 aromatic rings. The highest BCUT2D eigenvalue weighted by atomic mass is 16.6. The minimum absolute atomic E-state index is 0.123. The molecule has 0 spiro atoms. The molecule has 0 amide bonds. The Bertz CT molecular complexity index is 2480. The first-order chi connectivity index (χ1) is 38.1. The molecule has 0 bridgehead atoms. The summed E-state index contributed by atoms with van der Waals surface area (Å²) in [7, 11) is 19.8. The van der Waals surface area contributed by atoms with Crippen molar-refractivity contribution in [1.82, 2.24) is 0 Å². The predicted octanol–water partition coefficient (Wildman–Crippen LogP) is 7.17. The van der Waals surface area contributed by atoms with E-state index in [4.69, 9.17) is 66.3 Å². The van der Waals surface area contributed by atoms with Crippen molar-refractivity contribution in [3.05, 3.63) is 81.9 Å². The van der Waals surface area contributed by atoms with Gasteiger partial charge < -0.3 is 75.3 Å². The normalized spacial score (nSPS) is 18.9. The highest BCUT2D eigenvalue weighted by molar-refractivity contribution is 5.76. The lowest BCUT2D eigenvalue weighted by atomic mass is 9.85. The quantitative estimate of drug-likeness (QED) is 0.0157. The number of ether oxygens (including phenoxy) is 14. The summed E-state index contributed by atoms with van der Waals surface area (Å²) in [4.78, 5) is 51.3. The number of carbonyl (C=O) groups is 4. The Kier molecular flexibility index (Phi) is 22.0. The summed E-state index contributed by atoms with van der Waals surface area (Å²) < 4.78 is 79.9. The molecule has 0 aliphatic carbocycles. The molecule has 0 aromatic heterocycles. The van der Waals surface area contributed by atoms with Gasteiger partial charge in [-0.1, -0.05) is 19.3 Å². The topological polar surface area (TPSA) is 197 Å². The van der Waals surface area contributed by atoms with Crippen molar-refractivity contribution in [1.29, 1.82) is 0 Å². The maximum atomic E-state index is 13.7. The lowest BCUT2D eigenvalue weighted by Crippen LogP contribution is -2.57. The number of hydrogen-bond acceptors (Lipinski definition) is 18. The van der Waals surface area contributed by atoms with Crippen molar-refractivity contribution >= 4 is 24.9 Å². The van der Waals surface area contributed by atoms with Crippen LogP contribution >= 0.6 is 0 Å². The van der Waals surface area contributed by atoms with Gasteiger partial charge in [-0.3, -0.25) is 9.59 Å². The Hall–Kier alpha value is -7.32. The largest absolute Gasteiger partial charge is 0.493 e. The summed E-state index contributed by atoms with van der Waals surface area (Å²) in [6.45, 7) is 2.34. The van der Waals surface area contributed by atoms with Crippen LogP contribution in [0.15, 0.2) is 48.5 Å². The number of hydrogen-bond donors (Lipinski definition) is 0. The average Bonchev–Trinajstić information content (AvgIpc) is 3.48. The van der Waals surface area contributed by atoms with Gasteiger partial charge >= 0.3 is 11.9 Å². The van der Waals surface area contributed by atoms with E-state index >= 15 is 0 Å². The second kappa shape index (κ2) is 28.5. The Morgan fingerprint density at radius 2 is 0.772 bits per heavy atom. The number of carbonyl (C=O) groups excluding carboxylic acids is 4. The molecule has 6 unspecified atom stereocenters. The average molecular weight is 1110 g/mol. The first-order valence-electron chi connectivity index (χ1n) is 26.4. The van der Waals surface area contributed by atoms with E-state index in [1.165, 1.54) is 0 Å². The van der Waals surface area contributed by atoms with Gasteiger partial charge in [0.25, 0.3) is 12.9 Å². The molecule has 79 heavy (non-hydrogen) atoms. The molecular formula is C59H80N2O18+2. The summed E-state index contributed by atoms with van der Waals surface area (Å²) in [5.74, 6) is 4.08. The van der Waals surface area contributed by atoms with Crippen LogP contribution in [-0.2, 0) is 63.8 Å². The summed E-state index contributed by atoms with van der Waals surface area (Å²) in [6, 6.07) is 15.1. The molecule has 0 saturated heterocycles. The van der Waals surface area contributed by atoms with E-state index in [2.05, 4.69) is 0 Å². The van der Waals surface area contributed by atoms with Crippen molar-refractivity contribution < 1.29 is 94.5 Å². The van der Waals surface area contributed by atoms with Crippen molar-refractivity contribution in [2.75, 3.05) is 125 Å². The third-order valence-electron chi connectivity index (χ3n) is 15.5. The first-order valence-corrected chi connectivity index (χ1v) is 26.4. The number of rotatable bonds is 32. The van der Waals surface area contributed by atoms with Gasteiger partial charge in [-0.2, -0.15) is 0 Å². The van der Waals surface area contributed by atoms with Gasteiger partial charge in [0.2, 0.25) is 23.7 Å². The number of likely N-dealkylation sites (N-methyl/N-ethyl adjacent to an activating group) is 2. The summed E-state index contributed by atoms with van der Waals surface area (Å²) in [5, 5.41) is 0. The highest BCUT2D eigenvalue weighted by Gasteiger charge is 2.46. The fourth-order valence-electron chi connectivity index (χ4n) is 11.2. The van der Waals surface area contributed by atoms with E-state index in [1.807, 2.05) is 62.6 Å². The maximum absolute atomic E-state index is 13.7. The van der Waals surface area contributed by atoms with Crippen LogP contribution in [0.4, 0.5) is 0 Å². The number of methoxy groups -OCH3 is 10. The second-order valence-corrected chi connectivity index (χ2v) is 20.1. The summed E-state index contributed by atoms with van der Waals surface area (Å²) in [6.07, 6.45) is 3.31. The zero-order valence-electron chi connectivity index (χ0n) is 47.9. The van der Waals surface area contributed by atoms with E-state index in [0.717, 1.165) is 52.6 Å². The molecule has 2 aliphatic rings. The van der Waals surface area contributed by atoms with Crippen LogP contribution in [0.25, 0.3) is 0 Å². The molecular weight excluding hydrogens is 1020 g/mol. The number of esters is 2. The zero-order chi connectivity index (χ0) is 57.3. The van der Waals surface area contributed by atoms with Gasteiger partial charge in [-0.25, -0.2) is 9.59 Å². The Labute approximate surface area is 464 Å². The third-order valence-corrected chi connectivity index (χ3v) is 15.5. The van der Waals surface area contributed by atoms with Crippen molar-refractivity contribution in [3.8, 4) is 57.5 Å².